The van der Waals surface area contributed by atoms with E-state index in [4.69, 9.17) is 16.6 Å². The Morgan fingerprint density at radius 1 is 1.43 bits per heavy atom. The number of nitrogens with one attached hydrogen (secondary N) is 1. The summed E-state index contributed by atoms with van der Waals surface area (Å²) in [5, 5.41) is 4.08. The number of rotatable bonds is 5. The smallest absolute Gasteiger partial charge is 0.194 e. The molecule has 0 bridgehead atoms. The molecular formula is C16H22ClIN4S. The summed E-state index contributed by atoms with van der Waals surface area (Å²) >= 11 is 7.69. The largest absolute Gasteiger partial charge is 0.357 e. The molecule has 0 aliphatic carbocycles. The fraction of sp³-hybridized carbons (Fsp3) is 0.375. The van der Waals surface area contributed by atoms with Crippen molar-refractivity contribution < 1.29 is 0 Å². The number of aryl methyl sites for hydroxylation is 1. The Hall–Kier alpha value is -0.860. The lowest BCUT2D eigenvalue weighted by Crippen LogP contribution is -2.38. The van der Waals surface area contributed by atoms with Gasteiger partial charge in [0.2, 0.25) is 0 Å². The van der Waals surface area contributed by atoms with E-state index in [2.05, 4.69) is 28.2 Å². The Balaban J connectivity index is 0.00000264. The molecule has 0 spiro atoms. The number of thiazole rings is 1. The van der Waals surface area contributed by atoms with Gasteiger partial charge in [-0.3, -0.25) is 0 Å². The van der Waals surface area contributed by atoms with Crippen LogP contribution in [0.25, 0.3) is 0 Å². The van der Waals surface area contributed by atoms with Crippen LogP contribution in [-0.2, 0) is 13.1 Å². The van der Waals surface area contributed by atoms with Crippen molar-refractivity contribution in [2.45, 2.75) is 26.9 Å². The molecule has 1 N–H and O–H groups in total. The first-order valence-electron chi connectivity index (χ1n) is 7.23. The van der Waals surface area contributed by atoms with E-state index in [0.29, 0.717) is 6.54 Å². The first-order valence-corrected chi connectivity index (χ1v) is 8.48. The minimum absolute atomic E-state index is 0. The van der Waals surface area contributed by atoms with Crippen LogP contribution in [-0.4, -0.2) is 29.4 Å². The van der Waals surface area contributed by atoms with Gasteiger partial charge in [0.25, 0.3) is 0 Å². The number of hydrogen-bond donors (Lipinski definition) is 1. The van der Waals surface area contributed by atoms with Gasteiger partial charge in [-0.1, -0.05) is 23.7 Å². The van der Waals surface area contributed by atoms with Crippen molar-refractivity contribution >= 4 is 52.9 Å². The summed E-state index contributed by atoms with van der Waals surface area (Å²) in [4.78, 5) is 12.3. The summed E-state index contributed by atoms with van der Waals surface area (Å²) in [6, 6.07) is 7.90. The lowest BCUT2D eigenvalue weighted by Gasteiger charge is -2.22. The van der Waals surface area contributed by atoms with E-state index >= 15 is 0 Å². The number of halogens is 2. The van der Waals surface area contributed by atoms with Gasteiger partial charge in [-0.15, -0.1) is 35.3 Å². The summed E-state index contributed by atoms with van der Waals surface area (Å²) < 4.78 is 0. The number of nitrogens with zero attached hydrogens (tertiary/aromatic N) is 3. The van der Waals surface area contributed by atoms with E-state index in [0.717, 1.165) is 35.3 Å². The van der Waals surface area contributed by atoms with Crippen LogP contribution in [0.15, 0.2) is 34.8 Å². The van der Waals surface area contributed by atoms with Crippen LogP contribution in [0.4, 0.5) is 0 Å². The molecule has 23 heavy (non-hydrogen) atoms. The molecule has 0 unspecified atom stereocenters. The quantitative estimate of drug-likeness (QED) is 0.407. The predicted molar refractivity (Wildman–Crippen MR) is 110 cm³/mol. The first kappa shape index (κ1) is 20.2. The monoisotopic (exact) mass is 464 g/mol. The molecule has 0 radical (unpaired) electrons. The van der Waals surface area contributed by atoms with Gasteiger partial charge in [0.1, 0.15) is 0 Å². The Bertz CT molecular complexity index is 645. The highest BCUT2D eigenvalue weighted by Crippen LogP contribution is 2.14. The highest BCUT2D eigenvalue weighted by Gasteiger charge is 2.08. The van der Waals surface area contributed by atoms with E-state index in [-0.39, 0.29) is 24.0 Å². The molecule has 126 valence electrons. The van der Waals surface area contributed by atoms with Crippen LogP contribution >= 0.6 is 46.9 Å². The third-order valence-electron chi connectivity index (χ3n) is 3.22. The molecule has 2 aromatic rings. The third kappa shape index (κ3) is 6.27. The van der Waals surface area contributed by atoms with Crippen molar-refractivity contribution in [3.05, 3.63) is 50.9 Å². The lowest BCUT2D eigenvalue weighted by atomic mass is 10.2. The maximum Gasteiger partial charge on any atom is 0.194 e. The molecule has 7 heteroatoms. The Labute approximate surface area is 164 Å². The summed E-state index contributed by atoms with van der Waals surface area (Å²) in [5.74, 6) is 0.885. The molecule has 0 saturated carbocycles. The first-order chi connectivity index (χ1) is 10.6. The fourth-order valence-electron chi connectivity index (χ4n) is 2.08. The van der Waals surface area contributed by atoms with Gasteiger partial charge in [-0.2, -0.15) is 0 Å². The highest BCUT2D eigenvalue weighted by molar-refractivity contribution is 14.0. The van der Waals surface area contributed by atoms with Gasteiger partial charge >= 0.3 is 0 Å². The SMILES string of the molecule is CCNC(=NCc1scnc1C)N(C)Cc1cccc(Cl)c1.I. The normalized spacial score (nSPS) is 11.0. The van der Waals surface area contributed by atoms with E-state index in [1.54, 1.807) is 11.3 Å². The standard InChI is InChI=1S/C16H21ClN4S.HI/c1-4-18-16(19-9-15-12(2)20-11-22-15)21(3)10-13-6-5-7-14(17)8-13;/h5-8,11H,4,9-10H2,1-3H3,(H,18,19);1H. The highest BCUT2D eigenvalue weighted by atomic mass is 127. The van der Waals surface area contributed by atoms with Crippen molar-refractivity contribution in [1.82, 2.24) is 15.2 Å². The van der Waals surface area contributed by atoms with Crippen LogP contribution < -0.4 is 5.32 Å². The maximum absolute atomic E-state index is 6.05. The molecule has 1 aromatic heterocycles. The third-order valence-corrected chi connectivity index (χ3v) is 4.38. The van der Waals surface area contributed by atoms with E-state index in [1.165, 1.54) is 4.88 Å². The van der Waals surface area contributed by atoms with Crippen molar-refractivity contribution in [2.24, 2.45) is 4.99 Å². The van der Waals surface area contributed by atoms with Crippen molar-refractivity contribution in [3.8, 4) is 0 Å². The topological polar surface area (TPSA) is 40.5 Å². The number of aliphatic imine (C=N–C) groups is 1. The Morgan fingerprint density at radius 3 is 2.83 bits per heavy atom. The molecule has 0 fully saturated rings. The molecule has 4 nitrogen and oxygen atoms in total. The molecule has 2 rings (SSSR count). The second kappa shape index (κ2) is 10.1. The minimum atomic E-state index is 0. The van der Waals surface area contributed by atoms with E-state index in [1.807, 2.05) is 37.7 Å². The summed E-state index contributed by atoms with van der Waals surface area (Å²) in [6.45, 7) is 6.33. The van der Waals surface area contributed by atoms with Crippen LogP contribution in [0, 0.1) is 6.92 Å². The van der Waals surface area contributed by atoms with Crippen LogP contribution in [0.2, 0.25) is 5.02 Å². The summed E-state index contributed by atoms with van der Waals surface area (Å²) in [6.07, 6.45) is 0. The van der Waals surface area contributed by atoms with Gasteiger partial charge in [0.15, 0.2) is 5.96 Å². The zero-order valence-corrected chi connectivity index (χ0v) is 17.4. The van der Waals surface area contributed by atoms with E-state index < -0.39 is 0 Å². The van der Waals surface area contributed by atoms with Gasteiger partial charge in [-0.05, 0) is 31.5 Å². The summed E-state index contributed by atoms with van der Waals surface area (Å²) in [5.41, 5.74) is 4.08. The Morgan fingerprint density at radius 2 is 2.22 bits per heavy atom. The molecule has 0 aliphatic rings. The second-order valence-corrected chi connectivity index (χ2v) is 6.39. The zero-order chi connectivity index (χ0) is 15.9. The number of aromatic nitrogens is 1. The number of guanidine groups is 1. The van der Waals surface area contributed by atoms with Gasteiger partial charge in [-0.25, -0.2) is 9.98 Å². The van der Waals surface area contributed by atoms with E-state index in [9.17, 15) is 0 Å². The average molecular weight is 465 g/mol. The van der Waals surface area contributed by atoms with Crippen LogP contribution in [0.5, 0.6) is 0 Å². The Kier molecular flexibility index (Phi) is 8.86. The number of benzene rings is 1. The van der Waals surface area contributed by atoms with Gasteiger partial charge in [0.05, 0.1) is 17.7 Å². The van der Waals surface area contributed by atoms with Gasteiger partial charge in [0, 0.05) is 30.0 Å². The molecular weight excluding hydrogens is 443 g/mol. The van der Waals surface area contributed by atoms with Crippen molar-refractivity contribution in [1.29, 1.82) is 0 Å². The summed E-state index contributed by atoms with van der Waals surface area (Å²) in [7, 11) is 2.03. The molecule has 1 aromatic carbocycles. The molecule has 0 amide bonds. The van der Waals surface area contributed by atoms with Gasteiger partial charge < -0.3 is 10.2 Å². The molecule has 0 saturated heterocycles. The zero-order valence-electron chi connectivity index (χ0n) is 13.5. The molecule has 1 heterocycles. The average Bonchev–Trinajstić information content (AvgIpc) is 2.88. The molecule has 0 aliphatic heterocycles. The van der Waals surface area contributed by atoms with Crippen molar-refractivity contribution in [3.63, 3.8) is 0 Å². The minimum Gasteiger partial charge on any atom is -0.357 e. The maximum atomic E-state index is 6.05. The number of hydrogen-bond acceptors (Lipinski definition) is 3. The predicted octanol–water partition coefficient (Wildman–Crippen LogP) is 4.32. The molecule has 0 atom stereocenters. The van der Waals surface area contributed by atoms with Crippen LogP contribution in [0.1, 0.15) is 23.1 Å². The second-order valence-electron chi connectivity index (χ2n) is 5.02. The van der Waals surface area contributed by atoms with Crippen molar-refractivity contribution in [2.75, 3.05) is 13.6 Å². The lowest BCUT2D eigenvalue weighted by molar-refractivity contribution is 0.477. The van der Waals surface area contributed by atoms with Crippen LogP contribution in [0.3, 0.4) is 0 Å². The fourth-order valence-corrected chi connectivity index (χ4v) is 2.99.